The first-order valence-corrected chi connectivity index (χ1v) is 43.9. The Labute approximate surface area is 640 Å². The maximum absolute atomic E-state index is 14.1. The molecule has 6 heterocycles. The van der Waals surface area contributed by atoms with Gasteiger partial charge in [-0.25, -0.2) is 9.13 Å². The van der Waals surface area contributed by atoms with Gasteiger partial charge in [0.1, 0.15) is 36.6 Å². The smallest absolute Gasteiger partial charge is 0.394 e. The van der Waals surface area contributed by atoms with Crippen LogP contribution in [0.4, 0.5) is 0 Å². The van der Waals surface area contributed by atoms with E-state index in [9.17, 15) is 84.4 Å². The van der Waals surface area contributed by atoms with Crippen molar-refractivity contribution in [3.05, 3.63) is 0 Å². The largest absolute Gasteiger partial charge is 0.472 e. The minimum Gasteiger partial charge on any atom is -0.394 e. The van der Waals surface area contributed by atoms with Crippen LogP contribution < -0.4 is 0 Å². The van der Waals surface area contributed by atoms with E-state index in [1.54, 1.807) is 25.7 Å². The molecule has 0 aromatic rings. The molecule has 6 rings (SSSR count). The predicted molar refractivity (Wildman–Crippen MR) is 396 cm³/mol. The van der Waals surface area contributed by atoms with Crippen molar-refractivity contribution in [2.45, 2.75) is 363 Å². The highest BCUT2D eigenvalue weighted by Crippen LogP contribution is 2.50. The summed E-state index contributed by atoms with van der Waals surface area (Å²) < 4.78 is 90.7. The minimum atomic E-state index is -4.87. The van der Waals surface area contributed by atoms with Gasteiger partial charge >= 0.3 is 15.6 Å². The molecule has 108 heavy (non-hydrogen) atoms. The predicted octanol–water partition coefficient (Wildman–Crippen LogP) is 6.56. The number of aliphatic hydroxyl groups is 10. The number of carbonyl (C=O) groups excluding carboxylic acids is 3. The highest BCUT2D eigenvalue weighted by Gasteiger charge is 2.48. The number of phosphoric acid groups is 2. The Hall–Kier alpha value is -2.05. The summed E-state index contributed by atoms with van der Waals surface area (Å²) in [5, 5.41) is 100. The molecule has 3 amide bonds. The van der Waals surface area contributed by atoms with E-state index in [0.29, 0.717) is 39.1 Å². The lowest BCUT2D eigenvalue weighted by molar-refractivity contribution is -0.282. The molecule has 23 atom stereocenters. The Morgan fingerprint density at radius 3 is 0.954 bits per heavy atom. The van der Waals surface area contributed by atoms with E-state index in [0.717, 1.165) is 154 Å². The van der Waals surface area contributed by atoms with Crippen molar-refractivity contribution >= 4 is 33.4 Å². The summed E-state index contributed by atoms with van der Waals surface area (Å²) in [5.41, 5.74) is 0. The van der Waals surface area contributed by atoms with E-state index >= 15 is 0 Å². The monoisotopic (exact) mass is 1590 g/mol. The minimum absolute atomic E-state index is 0.0305. The molecule has 12 N–H and O–H groups in total. The van der Waals surface area contributed by atoms with Crippen LogP contribution in [0.2, 0.25) is 0 Å². The van der Waals surface area contributed by atoms with Crippen LogP contribution in [-0.4, -0.2) is 289 Å². The summed E-state index contributed by atoms with van der Waals surface area (Å²) in [6, 6.07) is -2.01. The molecule has 632 valence electrons. The number of unbranched alkanes of at least 4 members (excludes halogenated alkanes) is 24. The number of amides is 3. The van der Waals surface area contributed by atoms with Crippen molar-refractivity contribution in [1.82, 2.24) is 14.7 Å². The second-order valence-electron chi connectivity index (χ2n) is 31.4. The Kier molecular flexibility index (Phi) is 44.3. The van der Waals surface area contributed by atoms with Crippen LogP contribution in [0.15, 0.2) is 0 Å². The van der Waals surface area contributed by atoms with Crippen LogP contribution in [0.1, 0.15) is 247 Å². The average molecular weight is 1590 g/mol. The van der Waals surface area contributed by atoms with E-state index in [2.05, 4.69) is 0 Å². The lowest BCUT2D eigenvalue weighted by Gasteiger charge is -2.40. The zero-order chi connectivity index (χ0) is 78.8. The van der Waals surface area contributed by atoms with Crippen molar-refractivity contribution in [2.24, 2.45) is 17.8 Å². The molecular formula is C75H139N3O28P2. The first-order valence-electron chi connectivity index (χ1n) is 40.9. The zero-order valence-corrected chi connectivity index (χ0v) is 66.9. The molecule has 6 aliphatic rings. The molecular weight excluding hydrogens is 1450 g/mol. The van der Waals surface area contributed by atoms with E-state index in [4.69, 9.17) is 51.3 Å². The fraction of sp³-hybridized carbons (Fsp3) is 0.960. The molecule has 17 unspecified atom stereocenters. The number of hydrogen-bond acceptors (Lipinski definition) is 26. The number of carbonyl (C=O) groups is 3. The van der Waals surface area contributed by atoms with Crippen molar-refractivity contribution in [1.29, 1.82) is 0 Å². The van der Waals surface area contributed by atoms with Crippen LogP contribution in [0.3, 0.4) is 0 Å². The number of nitrogens with zero attached hydrogens (tertiary/aromatic N) is 3. The van der Waals surface area contributed by atoms with Crippen molar-refractivity contribution < 1.29 is 136 Å². The fourth-order valence-corrected chi connectivity index (χ4v) is 17.3. The maximum atomic E-state index is 14.1. The number of ether oxygens (including phenoxy) is 7. The third-order valence-electron chi connectivity index (χ3n) is 22.2. The summed E-state index contributed by atoms with van der Waals surface area (Å²) in [4.78, 5) is 68.5. The first-order chi connectivity index (χ1) is 51.7. The van der Waals surface area contributed by atoms with Crippen molar-refractivity contribution in [2.75, 3.05) is 79.1 Å². The van der Waals surface area contributed by atoms with Crippen LogP contribution in [0.25, 0.3) is 0 Å². The Morgan fingerprint density at radius 2 is 0.657 bits per heavy atom. The standard InChI is InChI=1S/C75H139N3O28P2/c1-51(2)99-48-56-40-59(43-77(56)65(84)34-28-22-16-10-7-13-19-25-31-37-97-74-53(4)68(87)71(90)62(46-80)103-74)105-108(94,95)101-50-57-41-60(44-78(57)66(85)35-29-23-17-11-8-14-20-26-32-38-98-75-54(5)69(88)72(91)63(47-81)104-75)106-107(92,93)100-49-55-39-58(82)42-76(55)64(83)33-27-21-15-9-6-12-18-24-30-36-96-73-52(3)67(86)70(89)61(45-79)102-73/h51-63,67-75,79-82,86-91H,6-50H2,1-5H3,(H,92,93)(H,94,95)/t52?,53?,54?,55-,56-,57-,58+,59+,60+,61?,62?,63?,67?,68?,69?,70?,71?,72?,73?,74?,75?/m0/s1. The van der Waals surface area contributed by atoms with Crippen LogP contribution in [0.5, 0.6) is 0 Å². The lowest BCUT2D eigenvalue weighted by Crippen LogP contribution is -2.55. The number of aliphatic hydroxyl groups excluding tert-OH is 10. The maximum Gasteiger partial charge on any atom is 0.472 e. The van der Waals surface area contributed by atoms with Gasteiger partial charge in [0, 0.05) is 76.5 Å². The zero-order valence-electron chi connectivity index (χ0n) is 65.2. The molecule has 6 aliphatic heterocycles. The molecule has 31 nitrogen and oxygen atoms in total. The number of phosphoric ester groups is 2. The number of hydrogen-bond donors (Lipinski definition) is 12. The van der Waals surface area contributed by atoms with Gasteiger partial charge in [0.25, 0.3) is 0 Å². The molecule has 0 aromatic heterocycles. The molecule has 33 heteroatoms. The van der Waals surface area contributed by atoms with Gasteiger partial charge in [-0.15, -0.1) is 0 Å². The van der Waals surface area contributed by atoms with Gasteiger partial charge in [-0.1, -0.05) is 156 Å². The molecule has 0 bridgehead atoms. The normalized spacial score (nSPS) is 32.3. The van der Waals surface area contributed by atoms with Gasteiger partial charge in [0.2, 0.25) is 17.7 Å². The quantitative estimate of drug-likeness (QED) is 0.0226. The van der Waals surface area contributed by atoms with E-state index in [1.165, 1.54) is 9.80 Å². The molecule has 0 aromatic carbocycles. The molecule has 0 radical (unpaired) electrons. The fourth-order valence-electron chi connectivity index (χ4n) is 15.4. The second kappa shape index (κ2) is 50.4. The van der Waals surface area contributed by atoms with E-state index < -0.39 is 177 Å². The number of β-amino-alcohol motifs (C(OH)–C–C–N with tert-alkyl or cyclic N) is 1. The topological polar surface area (TPSA) is 439 Å². The Bertz CT molecular complexity index is 2590. The molecule has 0 saturated carbocycles. The van der Waals surface area contributed by atoms with Crippen LogP contribution in [0, 0.1) is 17.8 Å². The molecule has 0 spiro atoms. The molecule has 6 saturated heterocycles. The van der Waals surface area contributed by atoms with Gasteiger partial charge in [0.05, 0.1) is 100 Å². The number of rotatable bonds is 55. The van der Waals surface area contributed by atoms with E-state index in [1.807, 2.05) is 13.8 Å². The summed E-state index contributed by atoms with van der Waals surface area (Å²) >= 11 is 0. The lowest BCUT2D eigenvalue weighted by atomic mass is 9.92. The molecule has 0 aliphatic carbocycles. The molecule has 6 fully saturated rings. The van der Waals surface area contributed by atoms with Gasteiger partial charge in [-0.2, -0.15) is 0 Å². The van der Waals surface area contributed by atoms with Crippen LogP contribution >= 0.6 is 15.6 Å². The summed E-state index contributed by atoms with van der Waals surface area (Å²) in [6.07, 6.45) is 10.9. The third-order valence-corrected chi connectivity index (χ3v) is 24.2. The average Bonchev–Trinajstić information content (AvgIpc) is 1.02. The Balaban J connectivity index is 0.913. The summed E-state index contributed by atoms with van der Waals surface area (Å²) in [6.45, 7) is 8.23. The first kappa shape index (κ1) is 94.8. The van der Waals surface area contributed by atoms with Gasteiger partial charge in [-0.3, -0.25) is 32.5 Å². The van der Waals surface area contributed by atoms with Gasteiger partial charge in [0.15, 0.2) is 18.9 Å². The number of likely N-dealkylation sites (tertiary alicyclic amines) is 3. The highest BCUT2D eigenvalue weighted by molar-refractivity contribution is 7.47. The van der Waals surface area contributed by atoms with Crippen LogP contribution in [-0.2, 0) is 74.8 Å². The third kappa shape index (κ3) is 32.6. The van der Waals surface area contributed by atoms with Crippen molar-refractivity contribution in [3.63, 3.8) is 0 Å². The Morgan fingerprint density at radius 1 is 0.389 bits per heavy atom. The van der Waals surface area contributed by atoms with Crippen molar-refractivity contribution in [3.8, 4) is 0 Å². The van der Waals surface area contributed by atoms with Gasteiger partial charge in [-0.05, 0) is 71.6 Å². The second-order valence-corrected chi connectivity index (χ2v) is 34.2. The van der Waals surface area contributed by atoms with Gasteiger partial charge < -0.3 is 109 Å². The van der Waals surface area contributed by atoms with E-state index in [-0.39, 0.29) is 88.6 Å². The highest BCUT2D eigenvalue weighted by atomic mass is 31.2. The SMILES string of the molecule is CC(C)OC[C@@H]1C[C@@H](OP(=O)(O)OC[C@@H]2C[C@@H](OP(=O)(O)OC[C@@H]3C[C@@H](O)CN3C(=O)CCCCCCCCCCCOC3OC(CO)C(O)C(O)C3C)CN2C(=O)CCCCCCCCCCCOC2OC(CO)C(O)C(O)C2C)CN1C(=O)CCCCCCCCCCCOC1OC(CO)C(O)C(O)C1C. The summed E-state index contributed by atoms with van der Waals surface area (Å²) in [5.74, 6) is -1.94. The summed E-state index contributed by atoms with van der Waals surface area (Å²) in [7, 11) is -9.73.